The van der Waals surface area contributed by atoms with Crippen molar-refractivity contribution in [2.24, 2.45) is 11.8 Å². The Morgan fingerprint density at radius 1 is 1.23 bits per heavy atom. The van der Waals surface area contributed by atoms with Crippen LogP contribution in [0, 0.1) is 11.8 Å². The molecule has 10 heteroatoms. The van der Waals surface area contributed by atoms with Gasteiger partial charge in [-0.25, -0.2) is 9.89 Å². The SMILES string of the molecule is CC(C)(C)OC(=O)C1CCC(CNc2cc(-c3n[nH]c(=O)o3)ccc2C(F)(F)F)CC1. The van der Waals surface area contributed by atoms with E-state index < -0.39 is 23.1 Å². The van der Waals surface area contributed by atoms with E-state index in [0.29, 0.717) is 32.2 Å². The van der Waals surface area contributed by atoms with Gasteiger partial charge < -0.3 is 14.5 Å². The summed E-state index contributed by atoms with van der Waals surface area (Å²) < 4.78 is 50.6. The van der Waals surface area contributed by atoms with Gasteiger partial charge in [0.25, 0.3) is 0 Å². The lowest BCUT2D eigenvalue weighted by Gasteiger charge is -2.30. The Bertz CT molecular complexity index is 967. The monoisotopic (exact) mass is 441 g/mol. The molecule has 0 amide bonds. The number of carbonyl (C=O) groups is 1. The molecule has 0 radical (unpaired) electrons. The van der Waals surface area contributed by atoms with E-state index in [4.69, 9.17) is 9.15 Å². The molecule has 1 heterocycles. The van der Waals surface area contributed by atoms with Crippen LogP contribution in [0.4, 0.5) is 18.9 Å². The molecule has 2 N–H and O–H groups in total. The van der Waals surface area contributed by atoms with Gasteiger partial charge in [-0.1, -0.05) is 0 Å². The van der Waals surface area contributed by atoms with Crippen LogP contribution in [0.3, 0.4) is 0 Å². The second-order valence-electron chi connectivity index (χ2n) is 8.81. The van der Waals surface area contributed by atoms with Gasteiger partial charge in [0.1, 0.15) is 5.60 Å². The minimum absolute atomic E-state index is 0.0837. The number of aromatic amines is 1. The number of halogens is 3. The number of ether oxygens (including phenoxy) is 1. The molecule has 0 atom stereocenters. The summed E-state index contributed by atoms with van der Waals surface area (Å²) in [6.45, 7) is 5.79. The quantitative estimate of drug-likeness (QED) is 0.658. The second kappa shape index (κ2) is 8.76. The van der Waals surface area contributed by atoms with Crippen molar-refractivity contribution < 1.29 is 27.1 Å². The van der Waals surface area contributed by atoms with Crippen molar-refractivity contribution in [2.75, 3.05) is 11.9 Å². The molecule has 3 rings (SSSR count). The van der Waals surface area contributed by atoms with Gasteiger partial charge in [-0.15, -0.1) is 5.10 Å². The van der Waals surface area contributed by atoms with Crippen LogP contribution in [0.2, 0.25) is 0 Å². The zero-order valence-electron chi connectivity index (χ0n) is 17.6. The molecule has 170 valence electrons. The lowest BCUT2D eigenvalue weighted by atomic mass is 9.82. The number of alkyl halides is 3. The predicted molar refractivity (Wildman–Crippen MR) is 107 cm³/mol. The average molecular weight is 441 g/mol. The Hall–Kier alpha value is -2.78. The fourth-order valence-corrected chi connectivity index (χ4v) is 3.67. The first-order valence-electron chi connectivity index (χ1n) is 10.2. The molecule has 1 aliphatic rings. The van der Waals surface area contributed by atoms with Crippen LogP contribution < -0.4 is 11.1 Å². The fourth-order valence-electron chi connectivity index (χ4n) is 3.67. The Morgan fingerprint density at radius 3 is 2.45 bits per heavy atom. The van der Waals surface area contributed by atoms with E-state index in [1.807, 2.05) is 20.8 Å². The zero-order chi connectivity index (χ0) is 22.8. The smallest absolute Gasteiger partial charge is 0.434 e. The summed E-state index contributed by atoms with van der Waals surface area (Å²) in [7, 11) is 0. The highest BCUT2D eigenvalue weighted by atomic mass is 19.4. The molecule has 1 aromatic heterocycles. The Kier molecular flexibility index (Phi) is 6.47. The van der Waals surface area contributed by atoms with E-state index >= 15 is 0 Å². The number of nitrogens with zero attached hydrogens (tertiary/aromatic N) is 1. The van der Waals surface area contributed by atoms with Gasteiger partial charge in [0.05, 0.1) is 11.5 Å². The maximum Gasteiger partial charge on any atom is 0.434 e. The van der Waals surface area contributed by atoms with Crippen LogP contribution in [0.15, 0.2) is 27.4 Å². The van der Waals surface area contributed by atoms with Crippen molar-refractivity contribution in [3.05, 3.63) is 34.3 Å². The van der Waals surface area contributed by atoms with Gasteiger partial charge in [-0.2, -0.15) is 13.2 Å². The lowest BCUT2D eigenvalue weighted by molar-refractivity contribution is -0.161. The number of hydrogen-bond donors (Lipinski definition) is 2. The summed E-state index contributed by atoms with van der Waals surface area (Å²) in [5.74, 6) is -1.13. The van der Waals surface area contributed by atoms with Gasteiger partial charge in [-0.05, 0) is 70.6 Å². The molecular weight excluding hydrogens is 415 g/mol. The minimum Gasteiger partial charge on any atom is -0.460 e. The van der Waals surface area contributed by atoms with Crippen molar-refractivity contribution >= 4 is 11.7 Å². The van der Waals surface area contributed by atoms with Crippen LogP contribution in [0.25, 0.3) is 11.5 Å². The van der Waals surface area contributed by atoms with Crippen molar-refractivity contribution in [1.82, 2.24) is 10.2 Å². The van der Waals surface area contributed by atoms with E-state index in [9.17, 15) is 22.8 Å². The molecule has 7 nitrogen and oxygen atoms in total. The Morgan fingerprint density at radius 2 is 1.90 bits per heavy atom. The first kappa shape index (κ1) is 22.9. The average Bonchev–Trinajstić information content (AvgIpc) is 3.11. The van der Waals surface area contributed by atoms with Crippen LogP contribution in [0.1, 0.15) is 52.0 Å². The standard InChI is InChI=1S/C21H26F3N3O4/c1-20(2,3)31-18(28)13-6-4-12(5-7-13)11-25-16-10-14(17-26-27-19(29)30-17)8-9-15(16)21(22,23)24/h8-10,12-13,25H,4-7,11H2,1-3H3,(H,27,29). The van der Waals surface area contributed by atoms with Gasteiger partial charge in [0.15, 0.2) is 0 Å². The largest absolute Gasteiger partial charge is 0.460 e. The van der Waals surface area contributed by atoms with E-state index in [1.54, 1.807) is 0 Å². The van der Waals surface area contributed by atoms with Gasteiger partial charge in [-0.3, -0.25) is 4.79 Å². The topological polar surface area (TPSA) is 97.2 Å². The summed E-state index contributed by atoms with van der Waals surface area (Å²) in [5.41, 5.74) is -1.20. The maximum atomic E-state index is 13.4. The van der Waals surface area contributed by atoms with Gasteiger partial charge in [0, 0.05) is 17.8 Å². The molecule has 1 aromatic carbocycles. The third-order valence-electron chi connectivity index (χ3n) is 5.18. The summed E-state index contributed by atoms with van der Waals surface area (Å²) in [6.07, 6.45) is -1.82. The molecular formula is C21H26F3N3O4. The van der Waals surface area contributed by atoms with E-state index in [0.717, 1.165) is 6.07 Å². The molecule has 1 saturated carbocycles. The normalized spacial score (nSPS) is 19.8. The highest BCUT2D eigenvalue weighted by Gasteiger charge is 2.34. The molecule has 0 spiro atoms. The Labute approximate surface area is 177 Å². The van der Waals surface area contributed by atoms with Crippen molar-refractivity contribution in [2.45, 2.75) is 58.2 Å². The van der Waals surface area contributed by atoms with Crippen LogP contribution >= 0.6 is 0 Å². The number of carbonyl (C=O) groups excluding carboxylic acids is 1. The molecule has 0 unspecified atom stereocenters. The van der Waals surface area contributed by atoms with Crippen molar-refractivity contribution in [3.63, 3.8) is 0 Å². The number of nitrogens with one attached hydrogen (secondary N) is 2. The predicted octanol–water partition coefficient (Wildman–Crippen LogP) is 4.61. The molecule has 31 heavy (non-hydrogen) atoms. The third kappa shape index (κ3) is 6.11. The number of esters is 1. The molecule has 1 fully saturated rings. The number of H-pyrrole nitrogens is 1. The first-order chi connectivity index (χ1) is 14.4. The van der Waals surface area contributed by atoms with E-state index in [-0.39, 0.29) is 34.9 Å². The van der Waals surface area contributed by atoms with Crippen LogP contribution in [-0.2, 0) is 15.7 Å². The highest BCUT2D eigenvalue weighted by molar-refractivity contribution is 5.73. The summed E-state index contributed by atoms with van der Waals surface area (Å²) >= 11 is 0. The maximum absolute atomic E-state index is 13.4. The van der Waals surface area contributed by atoms with Crippen molar-refractivity contribution in [3.8, 4) is 11.5 Å². The number of benzene rings is 1. The van der Waals surface area contributed by atoms with Gasteiger partial charge in [0.2, 0.25) is 5.89 Å². The Balaban J connectivity index is 1.66. The van der Waals surface area contributed by atoms with Crippen LogP contribution in [0.5, 0.6) is 0 Å². The highest BCUT2D eigenvalue weighted by Crippen LogP contribution is 2.38. The molecule has 0 bridgehead atoms. The summed E-state index contributed by atoms with van der Waals surface area (Å²) in [6, 6.07) is 3.42. The molecule has 0 saturated heterocycles. The van der Waals surface area contributed by atoms with E-state index in [2.05, 4.69) is 15.5 Å². The zero-order valence-corrected chi connectivity index (χ0v) is 17.6. The summed E-state index contributed by atoms with van der Waals surface area (Å²) in [4.78, 5) is 23.4. The second-order valence-corrected chi connectivity index (χ2v) is 8.81. The summed E-state index contributed by atoms with van der Waals surface area (Å²) in [5, 5.41) is 8.65. The third-order valence-corrected chi connectivity index (χ3v) is 5.18. The van der Waals surface area contributed by atoms with Crippen molar-refractivity contribution in [1.29, 1.82) is 0 Å². The number of anilines is 1. The van der Waals surface area contributed by atoms with Crippen LogP contribution in [-0.4, -0.2) is 28.3 Å². The minimum atomic E-state index is -4.54. The number of hydrogen-bond acceptors (Lipinski definition) is 6. The number of aromatic nitrogens is 2. The first-order valence-corrected chi connectivity index (χ1v) is 10.2. The molecule has 1 aliphatic carbocycles. The molecule has 0 aliphatic heterocycles. The molecule has 2 aromatic rings. The number of rotatable bonds is 5. The fraction of sp³-hybridized carbons (Fsp3) is 0.571. The van der Waals surface area contributed by atoms with Gasteiger partial charge >= 0.3 is 17.9 Å². The van der Waals surface area contributed by atoms with E-state index in [1.165, 1.54) is 12.1 Å². The lowest BCUT2D eigenvalue weighted by Crippen LogP contribution is -2.32.